The molecule has 1 N–H and O–H groups in total. The van der Waals surface area contributed by atoms with Crippen LogP contribution in [0.4, 0.5) is 5.13 Å². The Kier molecular flexibility index (Phi) is 6.32. The van der Waals surface area contributed by atoms with Gasteiger partial charge in [0, 0.05) is 5.56 Å². The van der Waals surface area contributed by atoms with Crippen LogP contribution in [0.25, 0.3) is 10.2 Å². The van der Waals surface area contributed by atoms with E-state index in [1.165, 1.54) is 16.2 Å². The number of rotatable bonds is 6. The Hall–Kier alpha value is -2.48. The highest BCUT2D eigenvalue weighted by Crippen LogP contribution is 2.32. The first-order valence-corrected chi connectivity index (χ1v) is 11.1. The molecule has 1 fully saturated rings. The van der Waals surface area contributed by atoms with Gasteiger partial charge >= 0.3 is 0 Å². The van der Waals surface area contributed by atoms with Gasteiger partial charge in [0.15, 0.2) is 5.13 Å². The van der Waals surface area contributed by atoms with Gasteiger partial charge in [-0.2, -0.15) is 0 Å². The van der Waals surface area contributed by atoms with Crippen LogP contribution in [0.5, 0.6) is 5.75 Å². The van der Waals surface area contributed by atoms with Gasteiger partial charge in [0.2, 0.25) is 0 Å². The lowest BCUT2D eigenvalue weighted by atomic mass is 10.0. The fourth-order valence-corrected chi connectivity index (χ4v) is 4.73. The van der Waals surface area contributed by atoms with Gasteiger partial charge in [-0.15, -0.1) is 0 Å². The van der Waals surface area contributed by atoms with Crippen molar-refractivity contribution in [1.82, 2.24) is 4.98 Å². The summed E-state index contributed by atoms with van der Waals surface area (Å²) in [6.07, 6.45) is 0. The number of fused-ring (bicyclic) bond motifs is 1. The molecule has 1 aliphatic rings. The number of aromatic nitrogens is 1. The van der Waals surface area contributed by atoms with Gasteiger partial charge in [-0.1, -0.05) is 29.0 Å². The summed E-state index contributed by atoms with van der Waals surface area (Å²) in [4.78, 5) is 21.7. The number of aryl methyl sites for hydroxylation is 2. The molecule has 4 rings (SSSR count). The van der Waals surface area contributed by atoms with E-state index in [4.69, 9.17) is 14.5 Å². The summed E-state index contributed by atoms with van der Waals surface area (Å²) >= 11 is 1.53. The number of nitrogens with one attached hydrogen (secondary N) is 1. The molecule has 0 radical (unpaired) electrons. The number of carbonyl (C=O) groups is 1. The maximum absolute atomic E-state index is 13.6. The lowest BCUT2D eigenvalue weighted by Crippen LogP contribution is -3.14. The molecule has 1 saturated heterocycles. The maximum Gasteiger partial charge on any atom is 0.260 e. The Morgan fingerprint density at radius 3 is 2.77 bits per heavy atom. The molecular weight excluding hydrogens is 398 g/mol. The van der Waals surface area contributed by atoms with Gasteiger partial charge in [0.1, 0.15) is 18.8 Å². The van der Waals surface area contributed by atoms with Gasteiger partial charge < -0.3 is 14.4 Å². The van der Waals surface area contributed by atoms with E-state index in [-0.39, 0.29) is 5.91 Å². The second-order valence-corrected chi connectivity index (χ2v) is 8.73. The molecule has 0 spiro atoms. The molecule has 2 heterocycles. The van der Waals surface area contributed by atoms with Crippen LogP contribution < -0.4 is 14.5 Å². The number of amides is 1. The number of hydrogen-bond donors (Lipinski definition) is 1. The number of hydrogen-bond acceptors (Lipinski definition) is 5. The molecule has 0 saturated carbocycles. The number of thiazole rings is 1. The fraction of sp³-hybridized carbons (Fsp3) is 0.391. The van der Waals surface area contributed by atoms with E-state index in [0.29, 0.717) is 6.54 Å². The molecule has 3 aromatic rings. The molecule has 0 aliphatic carbocycles. The SMILES string of the molecule is COc1ccc2nc(N(CC[NH+]3CCOCC3)C(=O)c3cc(C)ccc3C)sc2c1. The lowest BCUT2D eigenvalue weighted by molar-refractivity contribution is -0.906. The average Bonchev–Trinajstić information content (AvgIpc) is 3.19. The standard InChI is InChI=1S/C23H27N3O3S/c1-16-4-5-17(2)19(14-16)22(27)26(9-8-25-10-12-29-13-11-25)23-24-20-7-6-18(28-3)15-21(20)30-23/h4-7,14-15H,8-13H2,1-3H3/p+1. The van der Waals surface area contributed by atoms with Crippen molar-refractivity contribution in [3.63, 3.8) is 0 Å². The predicted molar refractivity (Wildman–Crippen MR) is 120 cm³/mol. The van der Waals surface area contributed by atoms with Crippen LogP contribution in [0.15, 0.2) is 36.4 Å². The first-order valence-electron chi connectivity index (χ1n) is 10.3. The maximum atomic E-state index is 13.6. The number of benzene rings is 2. The second kappa shape index (κ2) is 9.12. The van der Waals surface area contributed by atoms with Crippen molar-refractivity contribution in [2.45, 2.75) is 13.8 Å². The van der Waals surface area contributed by atoms with Gasteiger partial charge in [0.25, 0.3) is 5.91 Å². The molecule has 0 atom stereocenters. The fourth-order valence-electron chi connectivity index (χ4n) is 3.71. The molecule has 158 valence electrons. The van der Waals surface area contributed by atoms with Crippen molar-refractivity contribution >= 4 is 32.6 Å². The van der Waals surface area contributed by atoms with E-state index in [1.54, 1.807) is 7.11 Å². The van der Waals surface area contributed by atoms with E-state index in [2.05, 4.69) is 0 Å². The third kappa shape index (κ3) is 4.48. The largest absolute Gasteiger partial charge is 0.497 e. The van der Waals surface area contributed by atoms with Gasteiger partial charge in [0.05, 0.1) is 43.6 Å². The summed E-state index contributed by atoms with van der Waals surface area (Å²) in [6, 6.07) is 11.9. The number of methoxy groups -OCH3 is 1. The zero-order valence-corrected chi connectivity index (χ0v) is 18.6. The normalized spacial score (nSPS) is 14.8. The lowest BCUT2D eigenvalue weighted by Gasteiger charge is -2.27. The van der Waals surface area contributed by atoms with E-state index >= 15 is 0 Å². The summed E-state index contributed by atoms with van der Waals surface area (Å²) in [7, 11) is 1.66. The van der Waals surface area contributed by atoms with Crippen molar-refractivity contribution < 1.29 is 19.2 Å². The van der Waals surface area contributed by atoms with E-state index in [9.17, 15) is 4.79 Å². The summed E-state index contributed by atoms with van der Waals surface area (Å²) in [6.45, 7) is 9.01. The van der Waals surface area contributed by atoms with Crippen LogP contribution in [-0.2, 0) is 4.74 Å². The van der Waals surface area contributed by atoms with Crippen LogP contribution in [0, 0.1) is 13.8 Å². The molecule has 30 heavy (non-hydrogen) atoms. The Morgan fingerprint density at radius 1 is 1.20 bits per heavy atom. The minimum atomic E-state index is 0.00915. The Bertz CT molecular complexity index is 1040. The number of quaternary nitrogens is 1. The minimum absolute atomic E-state index is 0.00915. The molecule has 0 bridgehead atoms. The third-order valence-corrected chi connectivity index (χ3v) is 6.61. The predicted octanol–water partition coefficient (Wildman–Crippen LogP) is 2.48. The quantitative estimate of drug-likeness (QED) is 0.658. The second-order valence-electron chi connectivity index (χ2n) is 7.72. The summed E-state index contributed by atoms with van der Waals surface area (Å²) in [5.74, 6) is 0.803. The monoisotopic (exact) mass is 426 g/mol. The first-order chi connectivity index (χ1) is 14.5. The van der Waals surface area contributed by atoms with E-state index < -0.39 is 0 Å². The van der Waals surface area contributed by atoms with E-state index in [0.717, 1.165) is 70.6 Å². The smallest absolute Gasteiger partial charge is 0.260 e. The van der Waals surface area contributed by atoms with Crippen LogP contribution >= 0.6 is 11.3 Å². The highest BCUT2D eigenvalue weighted by Gasteiger charge is 2.25. The highest BCUT2D eigenvalue weighted by atomic mass is 32.1. The molecule has 1 aromatic heterocycles. The van der Waals surface area contributed by atoms with Crippen molar-refractivity contribution in [3.05, 3.63) is 53.1 Å². The molecular formula is C23H28N3O3S+. The summed E-state index contributed by atoms with van der Waals surface area (Å²) < 4.78 is 11.8. The average molecular weight is 427 g/mol. The van der Waals surface area contributed by atoms with Crippen LogP contribution in [0.3, 0.4) is 0 Å². The summed E-state index contributed by atoms with van der Waals surface area (Å²) in [5.41, 5.74) is 3.69. The number of anilines is 1. The molecule has 0 unspecified atom stereocenters. The van der Waals surface area contributed by atoms with Crippen molar-refractivity contribution in [1.29, 1.82) is 0 Å². The number of ether oxygens (including phenoxy) is 2. The van der Waals surface area contributed by atoms with Crippen molar-refractivity contribution in [3.8, 4) is 5.75 Å². The number of carbonyl (C=O) groups excluding carboxylic acids is 1. The van der Waals surface area contributed by atoms with Crippen LogP contribution in [-0.4, -0.2) is 57.4 Å². The first kappa shape index (κ1) is 20.8. The topological polar surface area (TPSA) is 56.1 Å². The molecule has 2 aromatic carbocycles. The summed E-state index contributed by atoms with van der Waals surface area (Å²) in [5, 5.41) is 0.733. The molecule has 1 amide bonds. The van der Waals surface area contributed by atoms with Gasteiger partial charge in [-0.3, -0.25) is 9.69 Å². The zero-order chi connectivity index (χ0) is 21.1. The van der Waals surface area contributed by atoms with Crippen molar-refractivity contribution in [2.24, 2.45) is 0 Å². The Morgan fingerprint density at radius 2 is 2.00 bits per heavy atom. The number of nitrogens with zero attached hydrogens (tertiary/aromatic N) is 2. The minimum Gasteiger partial charge on any atom is -0.497 e. The van der Waals surface area contributed by atoms with Crippen LogP contribution in [0.2, 0.25) is 0 Å². The van der Waals surface area contributed by atoms with E-state index in [1.807, 2.05) is 55.1 Å². The Labute approximate surface area is 181 Å². The van der Waals surface area contributed by atoms with Crippen LogP contribution in [0.1, 0.15) is 21.5 Å². The third-order valence-electron chi connectivity index (χ3n) is 5.57. The van der Waals surface area contributed by atoms with Gasteiger partial charge in [-0.25, -0.2) is 4.98 Å². The molecule has 1 aliphatic heterocycles. The zero-order valence-electron chi connectivity index (χ0n) is 17.7. The number of morpholine rings is 1. The highest BCUT2D eigenvalue weighted by molar-refractivity contribution is 7.22. The van der Waals surface area contributed by atoms with Crippen molar-refractivity contribution in [2.75, 3.05) is 51.4 Å². The molecule has 7 heteroatoms. The molecule has 6 nitrogen and oxygen atoms in total. The Balaban J connectivity index is 1.67. The van der Waals surface area contributed by atoms with Gasteiger partial charge in [-0.05, 0) is 43.7 Å².